The first-order valence-corrected chi connectivity index (χ1v) is 15.4. The van der Waals surface area contributed by atoms with Gasteiger partial charge in [0.1, 0.15) is 0 Å². The molecule has 0 radical (unpaired) electrons. The minimum absolute atomic E-state index is 0.0285. The fraction of sp³-hybridized carbons (Fsp3) is 0.808. The van der Waals surface area contributed by atoms with Crippen LogP contribution in [0.2, 0.25) is 18.1 Å². The SMILES string of the molecule is CC=CC[C@H](O[C@H]1C[C@@H](OC2CCCCO2)[C@H](CO[Si](C)(C)C(C)(C)C)[C@H]1C=CC)C(=O)O. The van der Waals surface area contributed by atoms with Crippen molar-refractivity contribution in [1.29, 1.82) is 0 Å². The summed E-state index contributed by atoms with van der Waals surface area (Å²) in [4.78, 5) is 11.9. The standard InChI is InChI=1S/C26H46O6Si/c1-8-10-14-21(25(27)28)31-22-17-23(32-24-15-11-12-16-29-24)20(19(22)13-9-2)18-30-33(6,7)26(3,4)5/h8-10,13,19-24H,11-12,14-18H2,1-7H3,(H,27,28)/t19-,20-,21+,22+,23-,24?/m1/s1. The summed E-state index contributed by atoms with van der Waals surface area (Å²) >= 11 is 0. The summed E-state index contributed by atoms with van der Waals surface area (Å²) in [7, 11) is -1.95. The predicted molar refractivity (Wildman–Crippen MR) is 134 cm³/mol. The summed E-state index contributed by atoms with van der Waals surface area (Å²) in [6, 6.07) is 0. The molecule has 0 aromatic carbocycles. The van der Waals surface area contributed by atoms with E-state index >= 15 is 0 Å². The number of hydrogen-bond donors (Lipinski definition) is 1. The molecule has 1 saturated carbocycles. The molecule has 1 aliphatic heterocycles. The minimum atomic E-state index is -1.95. The predicted octanol–water partition coefficient (Wildman–Crippen LogP) is 5.94. The molecule has 190 valence electrons. The Morgan fingerprint density at radius 2 is 1.91 bits per heavy atom. The highest BCUT2D eigenvalue weighted by Crippen LogP contribution is 2.42. The zero-order valence-electron chi connectivity index (χ0n) is 21.7. The lowest BCUT2D eigenvalue weighted by atomic mass is 9.93. The summed E-state index contributed by atoms with van der Waals surface area (Å²) in [6.07, 6.45) is 10.5. The third-order valence-corrected chi connectivity index (χ3v) is 11.9. The van der Waals surface area contributed by atoms with Crippen LogP contribution in [0.5, 0.6) is 0 Å². The molecule has 1 aliphatic carbocycles. The summed E-state index contributed by atoms with van der Waals surface area (Å²) in [5, 5.41) is 9.83. The van der Waals surface area contributed by atoms with Crippen molar-refractivity contribution in [2.75, 3.05) is 13.2 Å². The van der Waals surface area contributed by atoms with Gasteiger partial charge in [-0.1, -0.05) is 45.1 Å². The van der Waals surface area contributed by atoms with Crippen LogP contribution in [0.4, 0.5) is 0 Å². The van der Waals surface area contributed by atoms with E-state index < -0.39 is 20.4 Å². The van der Waals surface area contributed by atoms with Gasteiger partial charge in [-0.05, 0) is 51.2 Å². The first kappa shape index (κ1) is 28.2. The zero-order chi connectivity index (χ0) is 24.6. The van der Waals surface area contributed by atoms with Gasteiger partial charge in [-0.3, -0.25) is 0 Å². The van der Waals surface area contributed by atoms with Crippen molar-refractivity contribution in [3.63, 3.8) is 0 Å². The molecule has 33 heavy (non-hydrogen) atoms. The van der Waals surface area contributed by atoms with E-state index in [2.05, 4.69) is 39.9 Å². The van der Waals surface area contributed by atoms with Crippen LogP contribution in [-0.2, 0) is 23.4 Å². The Labute approximate surface area is 201 Å². The van der Waals surface area contributed by atoms with Crippen LogP contribution in [0.3, 0.4) is 0 Å². The second-order valence-electron chi connectivity index (χ2n) is 10.9. The number of aliphatic carboxylic acids is 1. The quantitative estimate of drug-likeness (QED) is 0.290. The van der Waals surface area contributed by atoms with E-state index in [9.17, 15) is 9.90 Å². The lowest BCUT2D eigenvalue weighted by Gasteiger charge is -2.38. The average Bonchev–Trinajstić information content (AvgIpc) is 3.05. The Balaban J connectivity index is 2.25. The second kappa shape index (κ2) is 12.6. The number of carboxylic acid groups (broad SMARTS) is 1. The molecular formula is C26H46O6Si. The molecule has 1 heterocycles. The Morgan fingerprint density at radius 1 is 1.18 bits per heavy atom. The molecular weight excluding hydrogens is 436 g/mol. The van der Waals surface area contributed by atoms with Gasteiger partial charge in [0.15, 0.2) is 20.7 Å². The van der Waals surface area contributed by atoms with Crippen molar-refractivity contribution in [3.8, 4) is 0 Å². The van der Waals surface area contributed by atoms with Gasteiger partial charge in [0.25, 0.3) is 0 Å². The van der Waals surface area contributed by atoms with Crippen LogP contribution in [0, 0.1) is 11.8 Å². The van der Waals surface area contributed by atoms with Gasteiger partial charge in [-0.25, -0.2) is 4.79 Å². The molecule has 1 unspecified atom stereocenters. The smallest absolute Gasteiger partial charge is 0.333 e. The van der Waals surface area contributed by atoms with E-state index in [-0.39, 0.29) is 35.4 Å². The molecule has 1 saturated heterocycles. The molecule has 0 aromatic heterocycles. The molecule has 2 rings (SSSR count). The number of allylic oxidation sites excluding steroid dienone is 2. The van der Waals surface area contributed by atoms with E-state index in [0.717, 1.165) is 25.9 Å². The number of rotatable bonds is 11. The highest BCUT2D eigenvalue weighted by molar-refractivity contribution is 6.74. The van der Waals surface area contributed by atoms with Crippen molar-refractivity contribution < 1.29 is 28.5 Å². The Bertz CT molecular complexity index is 662. The number of hydrogen-bond acceptors (Lipinski definition) is 5. The average molecular weight is 483 g/mol. The van der Waals surface area contributed by atoms with E-state index in [4.69, 9.17) is 18.6 Å². The van der Waals surface area contributed by atoms with Crippen molar-refractivity contribution in [2.45, 2.75) is 109 Å². The van der Waals surface area contributed by atoms with E-state index in [1.807, 2.05) is 32.1 Å². The van der Waals surface area contributed by atoms with Crippen LogP contribution in [0.25, 0.3) is 0 Å². The first-order valence-electron chi connectivity index (χ1n) is 12.5. The van der Waals surface area contributed by atoms with Gasteiger partial charge in [0.05, 0.1) is 12.2 Å². The first-order chi connectivity index (χ1) is 15.5. The normalized spacial score (nSPS) is 30.3. The van der Waals surface area contributed by atoms with E-state index in [0.29, 0.717) is 19.4 Å². The number of ether oxygens (including phenoxy) is 3. The van der Waals surface area contributed by atoms with Gasteiger partial charge in [-0.2, -0.15) is 0 Å². The van der Waals surface area contributed by atoms with Crippen molar-refractivity contribution in [2.24, 2.45) is 11.8 Å². The molecule has 0 aromatic rings. The molecule has 2 aliphatic rings. The van der Waals surface area contributed by atoms with E-state index in [1.165, 1.54) is 0 Å². The highest BCUT2D eigenvalue weighted by Gasteiger charge is 2.47. The lowest BCUT2D eigenvalue weighted by Crippen LogP contribution is -2.44. The molecule has 2 fully saturated rings. The minimum Gasteiger partial charge on any atom is -0.479 e. The van der Waals surface area contributed by atoms with Crippen LogP contribution in [0.15, 0.2) is 24.3 Å². The summed E-state index contributed by atoms with van der Waals surface area (Å²) in [6.45, 7) is 16.4. The monoisotopic (exact) mass is 482 g/mol. The maximum atomic E-state index is 11.9. The summed E-state index contributed by atoms with van der Waals surface area (Å²) < 4.78 is 25.2. The molecule has 0 spiro atoms. The fourth-order valence-electron chi connectivity index (χ4n) is 4.31. The third-order valence-electron chi connectivity index (χ3n) is 7.39. The largest absolute Gasteiger partial charge is 0.479 e. The lowest BCUT2D eigenvalue weighted by molar-refractivity contribution is -0.198. The van der Waals surface area contributed by atoms with Crippen LogP contribution >= 0.6 is 0 Å². The van der Waals surface area contributed by atoms with Crippen LogP contribution in [-0.4, -0.2) is 57.2 Å². The second-order valence-corrected chi connectivity index (χ2v) is 15.7. The van der Waals surface area contributed by atoms with Gasteiger partial charge >= 0.3 is 5.97 Å². The van der Waals surface area contributed by atoms with Gasteiger partial charge < -0.3 is 23.7 Å². The Hall–Kier alpha value is -0.993. The molecule has 0 bridgehead atoms. The molecule has 7 heteroatoms. The highest BCUT2D eigenvalue weighted by atomic mass is 28.4. The summed E-state index contributed by atoms with van der Waals surface area (Å²) in [5.74, 6) is -0.816. The molecule has 6 atom stereocenters. The van der Waals surface area contributed by atoms with Crippen molar-refractivity contribution in [1.82, 2.24) is 0 Å². The van der Waals surface area contributed by atoms with Crippen molar-refractivity contribution in [3.05, 3.63) is 24.3 Å². The van der Waals surface area contributed by atoms with E-state index in [1.54, 1.807) is 0 Å². The van der Waals surface area contributed by atoms with Gasteiger partial charge in [-0.15, -0.1) is 0 Å². The molecule has 1 N–H and O–H groups in total. The maximum Gasteiger partial charge on any atom is 0.333 e. The topological polar surface area (TPSA) is 74.2 Å². The van der Waals surface area contributed by atoms with Gasteiger partial charge in [0.2, 0.25) is 0 Å². The van der Waals surface area contributed by atoms with Gasteiger partial charge in [0, 0.05) is 37.9 Å². The number of carbonyl (C=O) groups is 1. The third kappa shape index (κ3) is 8.03. The Morgan fingerprint density at radius 3 is 2.45 bits per heavy atom. The summed E-state index contributed by atoms with van der Waals surface area (Å²) in [5.41, 5.74) is 0. The fourth-order valence-corrected chi connectivity index (χ4v) is 5.36. The molecule has 0 amide bonds. The maximum absolute atomic E-state index is 11.9. The molecule has 6 nitrogen and oxygen atoms in total. The Kier molecular flexibility index (Phi) is 10.8. The zero-order valence-corrected chi connectivity index (χ0v) is 22.7. The number of carboxylic acids is 1. The van der Waals surface area contributed by atoms with Crippen LogP contribution < -0.4 is 0 Å². The van der Waals surface area contributed by atoms with Crippen LogP contribution in [0.1, 0.15) is 66.7 Å². The van der Waals surface area contributed by atoms with Crippen molar-refractivity contribution >= 4 is 14.3 Å².